The van der Waals surface area contributed by atoms with Gasteiger partial charge in [-0.05, 0) is 32.9 Å². The molecule has 0 heterocycles. The number of hydrogen-bond donors (Lipinski definition) is 1. The maximum absolute atomic E-state index is 12.4. The first-order valence-corrected chi connectivity index (χ1v) is 8.01. The minimum atomic E-state index is -3.11. The molecule has 0 fully saturated rings. The molecule has 0 aliphatic carbocycles. The zero-order valence-electron chi connectivity index (χ0n) is 11.6. The van der Waals surface area contributed by atoms with Gasteiger partial charge in [-0.3, -0.25) is 0 Å². The van der Waals surface area contributed by atoms with E-state index in [4.69, 9.17) is 0 Å². The van der Waals surface area contributed by atoms with E-state index in [1.165, 1.54) is 0 Å². The van der Waals surface area contributed by atoms with Crippen molar-refractivity contribution in [2.45, 2.75) is 43.7 Å². The fraction of sp³-hybridized carbons (Fsp3) is 0.571. The predicted molar refractivity (Wildman–Crippen MR) is 76.4 cm³/mol. The van der Waals surface area contributed by atoms with Crippen molar-refractivity contribution in [3.8, 4) is 0 Å². The van der Waals surface area contributed by atoms with Crippen molar-refractivity contribution in [1.29, 1.82) is 0 Å². The summed E-state index contributed by atoms with van der Waals surface area (Å²) in [5.74, 6) is 0. The third kappa shape index (κ3) is 3.12. The molecule has 3 nitrogen and oxygen atoms in total. The Labute approximate surface area is 111 Å². The molecular weight excluding hydrogens is 246 g/mol. The Kier molecular flexibility index (Phi) is 5.35. The molecule has 2 unspecified atom stereocenters. The highest BCUT2D eigenvalue weighted by Crippen LogP contribution is 2.26. The van der Waals surface area contributed by atoms with Gasteiger partial charge in [-0.1, -0.05) is 37.3 Å². The Morgan fingerprint density at radius 2 is 1.72 bits per heavy atom. The summed E-state index contributed by atoms with van der Waals surface area (Å²) in [4.78, 5) is 0. The van der Waals surface area contributed by atoms with E-state index in [0.29, 0.717) is 6.42 Å². The summed E-state index contributed by atoms with van der Waals surface area (Å²) >= 11 is 0. The molecule has 0 saturated carbocycles. The monoisotopic (exact) mass is 269 g/mol. The zero-order valence-corrected chi connectivity index (χ0v) is 12.4. The van der Waals surface area contributed by atoms with Crippen molar-refractivity contribution in [2.24, 2.45) is 0 Å². The standard InChI is InChI=1S/C14H23NO2S/c1-5-13(18(16,17)11(2)3)14(15-4)12-9-7-6-8-10-12/h6-11,13-15H,5H2,1-4H3. The Balaban J connectivity index is 3.14. The van der Waals surface area contributed by atoms with Crippen LogP contribution in [0.2, 0.25) is 0 Å². The highest BCUT2D eigenvalue weighted by molar-refractivity contribution is 7.92. The lowest BCUT2D eigenvalue weighted by Crippen LogP contribution is -2.38. The van der Waals surface area contributed by atoms with Crippen LogP contribution in [0, 0.1) is 0 Å². The second kappa shape index (κ2) is 6.34. The highest BCUT2D eigenvalue weighted by atomic mass is 32.2. The summed E-state index contributed by atoms with van der Waals surface area (Å²) in [6.45, 7) is 5.42. The van der Waals surface area contributed by atoms with Gasteiger partial charge in [-0.15, -0.1) is 0 Å². The van der Waals surface area contributed by atoms with Crippen LogP contribution in [-0.2, 0) is 9.84 Å². The first kappa shape index (κ1) is 15.2. The van der Waals surface area contributed by atoms with Gasteiger partial charge in [0.2, 0.25) is 0 Å². The molecule has 0 radical (unpaired) electrons. The maximum Gasteiger partial charge on any atom is 0.157 e. The van der Waals surface area contributed by atoms with Gasteiger partial charge < -0.3 is 5.32 Å². The third-order valence-electron chi connectivity index (χ3n) is 3.32. The van der Waals surface area contributed by atoms with Crippen molar-refractivity contribution >= 4 is 9.84 Å². The van der Waals surface area contributed by atoms with Gasteiger partial charge >= 0.3 is 0 Å². The maximum atomic E-state index is 12.4. The number of benzene rings is 1. The summed E-state index contributed by atoms with van der Waals surface area (Å²) < 4.78 is 24.8. The Morgan fingerprint density at radius 1 is 1.17 bits per heavy atom. The SMILES string of the molecule is CCC(C(NC)c1ccccc1)S(=O)(=O)C(C)C. The van der Waals surface area contributed by atoms with E-state index in [-0.39, 0.29) is 16.5 Å². The molecule has 4 heteroatoms. The lowest BCUT2D eigenvalue weighted by atomic mass is 10.0. The fourth-order valence-electron chi connectivity index (χ4n) is 2.23. The molecule has 0 saturated heterocycles. The van der Waals surface area contributed by atoms with Crippen LogP contribution in [0.5, 0.6) is 0 Å². The van der Waals surface area contributed by atoms with Gasteiger partial charge in [0.15, 0.2) is 9.84 Å². The normalized spacial score (nSPS) is 15.6. The van der Waals surface area contributed by atoms with Crippen LogP contribution in [0.4, 0.5) is 0 Å². The summed E-state index contributed by atoms with van der Waals surface area (Å²) in [6, 6.07) is 9.61. The molecule has 0 aliphatic rings. The average Bonchev–Trinajstić information content (AvgIpc) is 2.36. The first-order chi connectivity index (χ1) is 8.45. The second-order valence-electron chi connectivity index (χ2n) is 4.76. The van der Waals surface area contributed by atoms with Crippen molar-refractivity contribution in [3.05, 3.63) is 35.9 Å². The Bertz CT molecular complexity index is 454. The van der Waals surface area contributed by atoms with Crippen LogP contribution in [0.25, 0.3) is 0 Å². The van der Waals surface area contributed by atoms with Gasteiger partial charge in [0.05, 0.1) is 10.5 Å². The quantitative estimate of drug-likeness (QED) is 0.863. The first-order valence-electron chi connectivity index (χ1n) is 6.40. The van der Waals surface area contributed by atoms with E-state index in [0.717, 1.165) is 5.56 Å². The molecule has 2 atom stereocenters. The molecule has 18 heavy (non-hydrogen) atoms. The van der Waals surface area contributed by atoms with E-state index in [2.05, 4.69) is 5.32 Å². The predicted octanol–water partition coefficient (Wildman–Crippen LogP) is 2.55. The van der Waals surface area contributed by atoms with Crippen LogP contribution < -0.4 is 5.32 Å². The van der Waals surface area contributed by atoms with E-state index in [9.17, 15) is 8.42 Å². The minimum absolute atomic E-state index is 0.149. The molecule has 1 aromatic carbocycles. The second-order valence-corrected chi connectivity index (χ2v) is 7.49. The number of rotatable bonds is 6. The smallest absolute Gasteiger partial charge is 0.157 e. The average molecular weight is 269 g/mol. The largest absolute Gasteiger partial charge is 0.312 e. The molecule has 0 bridgehead atoms. The van der Waals surface area contributed by atoms with E-state index in [1.54, 1.807) is 13.8 Å². The Morgan fingerprint density at radius 3 is 2.11 bits per heavy atom. The summed E-state index contributed by atoms with van der Waals surface area (Å²) in [7, 11) is -1.30. The van der Waals surface area contributed by atoms with Crippen LogP contribution in [-0.4, -0.2) is 26.0 Å². The van der Waals surface area contributed by atoms with Gasteiger partial charge in [-0.2, -0.15) is 0 Å². The Hall–Kier alpha value is -0.870. The summed E-state index contributed by atoms with van der Waals surface area (Å²) in [5.41, 5.74) is 1.02. The molecule has 1 N–H and O–H groups in total. The minimum Gasteiger partial charge on any atom is -0.312 e. The third-order valence-corrected chi connectivity index (χ3v) is 6.09. The van der Waals surface area contributed by atoms with Crippen molar-refractivity contribution < 1.29 is 8.42 Å². The summed E-state index contributed by atoms with van der Waals surface area (Å²) in [5, 5.41) is 2.42. The molecule has 0 amide bonds. The van der Waals surface area contributed by atoms with Gasteiger partial charge in [0, 0.05) is 6.04 Å². The number of sulfone groups is 1. The van der Waals surface area contributed by atoms with Crippen LogP contribution in [0.3, 0.4) is 0 Å². The number of hydrogen-bond acceptors (Lipinski definition) is 3. The van der Waals surface area contributed by atoms with Crippen molar-refractivity contribution in [2.75, 3.05) is 7.05 Å². The lowest BCUT2D eigenvalue weighted by Gasteiger charge is -2.27. The fourth-order valence-corrected chi connectivity index (χ4v) is 4.07. The molecular formula is C14H23NO2S. The van der Waals surface area contributed by atoms with Crippen molar-refractivity contribution in [3.63, 3.8) is 0 Å². The van der Waals surface area contributed by atoms with Gasteiger partial charge in [-0.25, -0.2) is 8.42 Å². The highest BCUT2D eigenvalue weighted by Gasteiger charge is 2.34. The number of nitrogens with one attached hydrogen (secondary N) is 1. The molecule has 0 aliphatic heterocycles. The van der Waals surface area contributed by atoms with Crippen LogP contribution in [0.1, 0.15) is 38.8 Å². The van der Waals surface area contributed by atoms with Gasteiger partial charge in [0.25, 0.3) is 0 Å². The van der Waals surface area contributed by atoms with Crippen LogP contribution in [0.15, 0.2) is 30.3 Å². The van der Waals surface area contributed by atoms with E-state index >= 15 is 0 Å². The molecule has 1 rings (SSSR count). The molecule has 1 aromatic rings. The van der Waals surface area contributed by atoms with Crippen molar-refractivity contribution in [1.82, 2.24) is 5.32 Å². The zero-order chi connectivity index (χ0) is 13.8. The van der Waals surface area contributed by atoms with E-state index < -0.39 is 9.84 Å². The van der Waals surface area contributed by atoms with Crippen LogP contribution >= 0.6 is 0 Å². The molecule has 0 spiro atoms. The summed E-state index contributed by atoms with van der Waals surface area (Å²) in [6.07, 6.45) is 0.612. The van der Waals surface area contributed by atoms with Gasteiger partial charge in [0.1, 0.15) is 0 Å². The topological polar surface area (TPSA) is 46.2 Å². The lowest BCUT2D eigenvalue weighted by molar-refractivity contribution is 0.502. The van der Waals surface area contributed by atoms with E-state index in [1.807, 2.05) is 44.3 Å². The molecule has 0 aromatic heterocycles. The molecule has 102 valence electrons.